The molecule has 6 heteroatoms. The molecule has 2 rings (SSSR count). The summed E-state index contributed by atoms with van der Waals surface area (Å²) in [7, 11) is 0. The van der Waals surface area contributed by atoms with E-state index in [1.165, 1.54) is 11.3 Å². The molecule has 1 heterocycles. The molecule has 0 unspecified atom stereocenters. The van der Waals surface area contributed by atoms with E-state index in [1.54, 1.807) is 18.2 Å². The molecule has 0 bridgehead atoms. The minimum atomic E-state index is -0.205. The van der Waals surface area contributed by atoms with Gasteiger partial charge in [-0.1, -0.05) is 27.5 Å². The number of benzene rings is 1. The molecule has 0 aliphatic rings. The molecule has 1 aromatic heterocycles. The Bertz CT molecular complexity index is 593. The maximum absolute atomic E-state index is 12.0. The zero-order valence-electron chi connectivity index (χ0n) is 9.46. The smallest absolute Gasteiger partial charge is 0.265 e. The standard InChI is InChI=1S/C12H10BrClN2OS/c1-6-9(15)5-11(18-6)12(17)16-10-3-2-7(13)4-8(10)14/h2-5H,15H2,1H3,(H,16,17). The van der Waals surface area contributed by atoms with Crippen LogP contribution in [-0.2, 0) is 0 Å². The number of nitrogens with two attached hydrogens (primary N) is 1. The highest BCUT2D eigenvalue weighted by Gasteiger charge is 2.12. The Morgan fingerprint density at radius 2 is 2.17 bits per heavy atom. The molecule has 0 aliphatic carbocycles. The molecule has 0 atom stereocenters. The second-order valence-electron chi connectivity index (χ2n) is 3.70. The summed E-state index contributed by atoms with van der Waals surface area (Å²) in [4.78, 5) is 13.5. The van der Waals surface area contributed by atoms with Crippen LogP contribution in [0.25, 0.3) is 0 Å². The molecule has 1 amide bonds. The van der Waals surface area contributed by atoms with Gasteiger partial charge in [0.15, 0.2) is 0 Å². The molecule has 1 aromatic carbocycles. The Labute approximate surface area is 122 Å². The van der Waals surface area contributed by atoms with Crippen molar-refractivity contribution in [2.75, 3.05) is 11.1 Å². The number of rotatable bonds is 2. The van der Waals surface area contributed by atoms with Crippen LogP contribution in [-0.4, -0.2) is 5.91 Å². The van der Waals surface area contributed by atoms with Gasteiger partial charge in [-0.3, -0.25) is 4.79 Å². The van der Waals surface area contributed by atoms with Gasteiger partial charge in [0.25, 0.3) is 5.91 Å². The van der Waals surface area contributed by atoms with Gasteiger partial charge in [-0.25, -0.2) is 0 Å². The summed E-state index contributed by atoms with van der Waals surface area (Å²) in [6.07, 6.45) is 0. The summed E-state index contributed by atoms with van der Waals surface area (Å²) in [5, 5.41) is 3.24. The first-order valence-corrected chi connectivity index (χ1v) is 7.08. The van der Waals surface area contributed by atoms with E-state index < -0.39 is 0 Å². The molecule has 0 spiro atoms. The first kappa shape index (κ1) is 13.4. The third kappa shape index (κ3) is 2.85. The van der Waals surface area contributed by atoms with Crippen LogP contribution in [0.4, 0.5) is 11.4 Å². The average molecular weight is 346 g/mol. The minimum absolute atomic E-state index is 0.205. The fourth-order valence-electron chi connectivity index (χ4n) is 1.38. The lowest BCUT2D eigenvalue weighted by Gasteiger charge is -2.06. The van der Waals surface area contributed by atoms with Gasteiger partial charge in [0, 0.05) is 15.0 Å². The number of hydrogen-bond donors (Lipinski definition) is 2. The number of halogens is 2. The van der Waals surface area contributed by atoms with Gasteiger partial charge in [0.1, 0.15) is 0 Å². The zero-order chi connectivity index (χ0) is 13.3. The summed E-state index contributed by atoms with van der Waals surface area (Å²) < 4.78 is 0.863. The topological polar surface area (TPSA) is 55.1 Å². The van der Waals surface area contributed by atoms with Crippen LogP contribution in [0.5, 0.6) is 0 Å². The Kier molecular flexibility index (Phi) is 3.94. The number of carbonyl (C=O) groups excluding carboxylic acids is 1. The van der Waals surface area contributed by atoms with Gasteiger partial charge in [0.2, 0.25) is 0 Å². The Morgan fingerprint density at radius 1 is 1.44 bits per heavy atom. The number of amides is 1. The Morgan fingerprint density at radius 3 is 2.72 bits per heavy atom. The first-order valence-electron chi connectivity index (χ1n) is 5.09. The first-order chi connectivity index (χ1) is 8.47. The molecule has 3 nitrogen and oxygen atoms in total. The van der Waals surface area contributed by atoms with Crippen LogP contribution in [0, 0.1) is 6.92 Å². The number of nitrogens with one attached hydrogen (secondary N) is 1. The van der Waals surface area contributed by atoms with Crippen molar-refractivity contribution in [3.8, 4) is 0 Å². The van der Waals surface area contributed by atoms with Gasteiger partial charge in [-0.15, -0.1) is 11.3 Å². The van der Waals surface area contributed by atoms with Crippen LogP contribution in [0.1, 0.15) is 14.5 Å². The third-order valence-corrected chi connectivity index (χ3v) is 4.23. The summed E-state index contributed by atoms with van der Waals surface area (Å²) in [5.74, 6) is -0.205. The van der Waals surface area contributed by atoms with Gasteiger partial charge >= 0.3 is 0 Å². The molecule has 0 saturated heterocycles. The molecule has 18 heavy (non-hydrogen) atoms. The van der Waals surface area contributed by atoms with Crippen LogP contribution in [0.15, 0.2) is 28.7 Å². The summed E-state index contributed by atoms with van der Waals surface area (Å²) in [5.41, 5.74) is 6.93. The summed E-state index contributed by atoms with van der Waals surface area (Å²) in [6.45, 7) is 1.88. The van der Waals surface area contributed by atoms with Crippen molar-refractivity contribution in [1.29, 1.82) is 0 Å². The van der Waals surface area contributed by atoms with E-state index in [0.717, 1.165) is 9.35 Å². The highest BCUT2D eigenvalue weighted by molar-refractivity contribution is 9.10. The maximum atomic E-state index is 12.0. The predicted octanol–water partition coefficient (Wildman–Crippen LogP) is 4.31. The van der Waals surface area contributed by atoms with Crippen LogP contribution in [0.2, 0.25) is 5.02 Å². The second-order valence-corrected chi connectivity index (χ2v) is 6.28. The predicted molar refractivity (Wildman–Crippen MR) is 80.6 cm³/mol. The van der Waals surface area contributed by atoms with Gasteiger partial charge < -0.3 is 11.1 Å². The van der Waals surface area contributed by atoms with Gasteiger partial charge in [-0.05, 0) is 31.2 Å². The van der Waals surface area contributed by atoms with Crippen LogP contribution in [0.3, 0.4) is 0 Å². The van der Waals surface area contributed by atoms with E-state index in [2.05, 4.69) is 21.2 Å². The number of carbonyl (C=O) groups is 1. The zero-order valence-corrected chi connectivity index (χ0v) is 12.6. The average Bonchev–Trinajstić information content (AvgIpc) is 2.63. The number of nitrogen functional groups attached to an aromatic ring is 1. The van der Waals surface area contributed by atoms with Gasteiger partial charge in [0.05, 0.1) is 15.6 Å². The molecule has 0 radical (unpaired) electrons. The van der Waals surface area contributed by atoms with Crippen molar-refractivity contribution >= 4 is 56.1 Å². The molecule has 0 aliphatic heterocycles. The molecular formula is C12H10BrClN2OS. The van der Waals surface area contributed by atoms with E-state index in [-0.39, 0.29) is 5.91 Å². The SMILES string of the molecule is Cc1sc(C(=O)Nc2ccc(Br)cc2Cl)cc1N. The lowest BCUT2D eigenvalue weighted by molar-refractivity contribution is 0.103. The third-order valence-electron chi connectivity index (χ3n) is 2.36. The lowest BCUT2D eigenvalue weighted by Crippen LogP contribution is -2.10. The Balaban J connectivity index is 2.21. The normalized spacial score (nSPS) is 10.4. The number of anilines is 2. The van der Waals surface area contributed by atoms with Crippen LogP contribution < -0.4 is 11.1 Å². The molecule has 94 valence electrons. The molecule has 3 N–H and O–H groups in total. The fraction of sp³-hybridized carbons (Fsp3) is 0.0833. The van der Waals surface area contributed by atoms with E-state index in [4.69, 9.17) is 17.3 Å². The van der Waals surface area contributed by atoms with Crippen molar-refractivity contribution < 1.29 is 4.79 Å². The molecule has 0 fully saturated rings. The van der Waals surface area contributed by atoms with E-state index >= 15 is 0 Å². The maximum Gasteiger partial charge on any atom is 0.265 e. The van der Waals surface area contributed by atoms with Gasteiger partial charge in [-0.2, -0.15) is 0 Å². The Hall–Kier alpha value is -1.04. The molecular weight excluding hydrogens is 336 g/mol. The lowest BCUT2D eigenvalue weighted by atomic mass is 10.3. The highest BCUT2D eigenvalue weighted by atomic mass is 79.9. The minimum Gasteiger partial charge on any atom is -0.398 e. The number of thiophene rings is 1. The summed E-state index contributed by atoms with van der Waals surface area (Å²) >= 11 is 10.7. The van der Waals surface area contributed by atoms with Crippen molar-refractivity contribution in [1.82, 2.24) is 0 Å². The quantitative estimate of drug-likeness (QED) is 0.852. The molecule has 2 aromatic rings. The van der Waals surface area contributed by atoms with Crippen molar-refractivity contribution in [3.63, 3.8) is 0 Å². The number of aryl methyl sites for hydroxylation is 1. The van der Waals surface area contributed by atoms with E-state index in [1.807, 2.05) is 13.0 Å². The molecule has 0 saturated carbocycles. The van der Waals surface area contributed by atoms with Crippen LogP contribution >= 0.6 is 38.9 Å². The van der Waals surface area contributed by atoms with Crippen molar-refractivity contribution in [2.24, 2.45) is 0 Å². The second kappa shape index (κ2) is 5.30. The number of hydrogen-bond acceptors (Lipinski definition) is 3. The fourth-order valence-corrected chi connectivity index (χ4v) is 2.94. The van der Waals surface area contributed by atoms with E-state index in [0.29, 0.717) is 21.3 Å². The largest absolute Gasteiger partial charge is 0.398 e. The van der Waals surface area contributed by atoms with Crippen molar-refractivity contribution in [3.05, 3.63) is 43.5 Å². The highest BCUT2D eigenvalue weighted by Crippen LogP contribution is 2.28. The van der Waals surface area contributed by atoms with E-state index in [9.17, 15) is 4.79 Å². The monoisotopic (exact) mass is 344 g/mol. The summed E-state index contributed by atoms with van der Waals surface area (Å²) in [6, 6.07) is 6.96. The van der Waals surface area contributed by atoms with Crippen molar-refractivity contribution in [2.45, 2.75) is 6.92 Å².